The molecule has 1 aromatic rings. The van der Waals surface area contributed by atoms with E-state index < -0.39 is 29.3 Å². The molecular formula is C20H21F3IN3O2. The van der Waals surface area contributed by atoms with E-state index in [1.165, 1.54) is 23.1 Å². The number of anilines is 1. The van der Waals surface area contributed by atoms with Gasteiger partial charge in [0.1, 0.15) is 11.4 Å². The van der Waals surface area contributed by atoms with Gasteiger partial charge in [-0.15, -0.1) is 0 Å². The molecule has 2 aliphatic heterocycles. The molecule has 1 atom stereocenters. The van der Waals surface area contributed by atoms with Gasteiger partial charge in [0.25, 0.3) is 5.91 Å². The molecule has 3 aliphatic rings. The quantitative estimate of drug-likeness (QED) is 0.588. The number of benzene rings is 1. The summed E-state index contributed by atoms with van der Waals surface area (Å²) in [6.45, 7) is 2.62. The minimum Gasteiger partial charge on any atom is -0.385 e. The van der Waals surface area contributed by atoms with Crippen LogP contribution in [0.15, 0.2) is 41.4 Å². The number of halogens is 4. The number of nitrogens with one attached hydrogen (secondary N) is 1. The van der Waals surface area contributed by atoms with Gasteiger partial charge in [0.15, 0.2) is 12.0 Å². The highest BCUT2D eigenvalue weighted by Crippen LogP contribution is 2.34. The van der Waals surface area contributed by atoms with Crippen LogP contribution in [0.4, 0.5) is 18.9 Å². The van der Waals surface area contributed by atoms with Crippen molar-refractivity contribution in [3.63, 3.8) is 0 Å². The zero-order valence-corrected chi connectivity index (χ0v) is 17.8. The number of nitrogens with zero attached hydrogens (tertiary/aromatic N) is 2. The highest BCUT2D eigenvalue weighted by molar-refractivity contribution is 14.1. The second-order valence-corrected chi connectivity index (χ2v) is 9.05. The third kappa shape index (κ3) is 4.17. The Morgan fingerprint density at radius 1 is 1.31 bits per heavy atom. The Bertz CT molecular complexity index is 895. The molecule has 1 aliphatic carbocycles. The van der Waals surface area contributed by atoms with E-state index >= 15 is 0 Å². The fraction of sp³-hybridized carbons (Fsp3) is 0.450. The van der Waals surface area contributed by atoms with E-state index in [1.807, 2.05) is 22.6 Å². The van der Waals surface area contributed by atoms with Gasteiger partial charge in [0.2, 0.25) is 0 Å². The van der Waals surface area contributed by atoms with Crippen LogP contribution < -0.4 is 5.32 Å². The van der Waals surface area contributed by atoms with Crippen molar-refractivity contribution in [2.45, 2.75) is 24.6 Å². The maximum Gasteiger partial charge on any atom is 0.255 e. The van der Waals surface area contributed by atoms with Crippen LogP contribution in [0.2, 0.25) is 0 Å². The van der Waals surface area contributed by atoms with Crippen LogP contribution in [0.25, 0.3) is 0 Å². The van der Waals surface area contributed by atoms with Gasteiger partial charge in [0.05, 0.1) is 30.0 Å². The second kappa shape index (κ2) is 7.92. The molecule has 0 radical (unpaired) electrons. The van der Waals surface area contributed by atoms with Gasteiger partial charge in [-0.2, -0.15) is 0 Å². The minimum atomic E-state index is -1.89. The third-order valence-corrected chi connectivity index (χ3v) is 6.13. The summed E-state index contributed by atoms with van der Waals surface area (Å²) in [5, 5.41) is 13.1. The number of aliphatic hydroxyl groups is 1. The van der Waals surface area contributed by atoms with E-state index in [2.05, 4.69) is 10.2 Å². The standard InChI is InChI=1S/C20H21F3IN3O2/c21-14-4-3-13(18(17(14)23)25-16-5-2-12(24)8-15(16)22)19(28)27-10-20(29,11-27)9-26-6-1-7-26/h2-3,5,8,14,25,29H,1,4,6-7,9-11H2. The van der Waals surface area contributed by atoms with Crippen molar-refractivity contribution < 1.29 is 23.1 Å². The maximum atomic E-state index is 14.6. The third-order valence-electron chi connectivity index (χ3n) is 5.46. The fourth-order valence-corrected chi connectivity index (χ4v) is 4.25. The van der Waals surface area contributed by atoms with Crippen LogP contribution in [0.1, 0.15) is 12.8 Å². The lowest BCUT2D eigenvalue weighted by Crippen LogP contribution is -2.68. The predicted molar refractivity (Wildman–Crippen MR) is 111 cm³/mol. The van der Waals surface area contributed by atoms with Crippen molar-refractivity contribution in [2.24, 2.45) is 0 Å². The largest absolute Gasteiger partial charge is 0.385 e. The van der Waals surface area contributed by atoms with E-state index in [1.54, 1.807) is 6.07 Å². The highest BCUT2D eigenvalue weighted by atomic mass is 127. The molecule has 0 spiro atoms. The average Bonchev–Trinajstić information content (AvgIpc) is 2.61. The topological polar surface area (TPSA) is 55.8 Å². The number of amides is 1. The molecule has 0 bridgehead atoms. The summed E-state index contributed by atoms with van der Waals surface area (Å²) < 4.78 is 43.4. The van der Waals surface area contributed by atoms with Gasteiger partial charge >= 0.3 is 0 Å². The summed E-state index contributed by atoms with van der Waals surface area (Å²) in [5.41, 5.74) is -1.42. The van der Waals surface area contributed by atoms with E-state index in [4.69, 9.17) is 0 Å². The summed E-state index contributed by atoms with van der Waals surface area (Å²) in [7, 11) is 0. The molecule has 2 heterocycles. The van der Waals surface area contributed by atoms with Gasteiger partial charge in [-0.25, -0.2) is 13.2 Å². The molecule has 2 saturated heterocycles. The lowest BCUT2D eigenvalue weighted by molar-refractivity contribution is -0.156. The lowest BCUT2D eigenvalue weighted by Gasteiger charge is -2.50. The molecule has 9 heteroatoms. The van der Waals surface area contributed by atoms with Gasteiger partial charge in [-0.3, -0.25) is 4.79 Å². The Balaban J connectivity index is 1.50. The normalized spacial score (nSPS) is 24.0. The summed E-state index contributed by atoms with van der Waals surface area (Å²) in [6, 6.07) is 4.29. The van der Waals surface area contributed by atoms with Crippen LogP contribution in [0.3, 0.4) is 0 Å². The van der Waals surface area contributed by atoms with E-state index in [9.17, 15) is 23.1 Å². The second-order valence-electron chi connectivity index (χ2n) is 7.81. The molecular weight excluding hydrogens is 498 g/mol. The number of carbonyl (C=O) groups excluding carboxylic acids is 1. The Morgan fingerprint density at radius 3 is 2.66 bits per heavy atom. The first-order valence-corrected chi connectivity index (χ1v) is 10.5. The van der Waals surface area contributed by atoms with E-state index in [0.717, 1.165) is 19.5 Å². The van der Waals surface area contributed by atoms with E-state index in [-0.39, 0.29) is 36.5 Å². The number of hydrogen-bond acceptors (Lipinski definition) is 4. The average molecular weight is 519 g/mol. The van der Waals surface area contributed by atoms with Crippen molar-refractivity contribution in [3.05, 3.63) is 50.8 Å². The number of hydrogen-bond donors (Lipinski definition) is 2. The first kappa shape index (κ1) is 20.7. The van der Waals surface area contributed by atoms with Crippen molar-refractivity contribution in [3.8, 4) is 0 Å². The maximum absolute atomic E-state index is 14.6. The van der Waals surface area contributed by atoms with Gasteiger partial charge in [0, 0.05) is 16.5 Å². The van der Waals surface area contributed by atoms with Gasteiger partial charge < -0.3 is 20.2 Å². The monoisotopic (exact) mass is 519 g/mol. The van der Waals surface area contributed by atoms with Crippen LogP contribution in [0.5, 0.6) is 0 Å². The number of β-amino-alcohol motifs (C(OH)–C–C–N with tert-alkyl or cyclic N) is 1. The van der Waals surface area contributed by atoms with Crippen LogP contribution in [0, 0.1) is 9.39 Å². The molecule has 4 rings (SSSR count). The summed E-state index contributed by atoms with van der Waals surface area (Å²) in [5.74, 6) is -2.25. The number of likely N-dealkylation sites (tertiary alicyclic amines) is 2. The first-order chi connectivity index (χ1) is 13.8. The predicted octanol–water partition coefficient (Wildman–Crippen LogP) is 2.97. The minimum absolute atomic E-state index is 0.0405. The SMILES string of the molecule is O=C(C1=CCC(F)C(F)=C1Nc1ccc(I)cc1F)N1CC(O)(CN2CCC2)C1. The highest BCUT2D eigenvalue weighted by Gasteiger charge is 2.46. The molecule has 0 aromatic heterocycles. The molecule has 2 fully saturated rings. The molecule has 5 nitrogen and oxygen atoms in total. The summed E-state index contributed by atoms with van der Waals surface area (Å²) in [6.07, 6.45) is 0.278. The molecule has 156 valence electrons. The number of allylic oxidation sites excluding steroid dienone is 2. The van der Waals surface area contributed by atoms with Gasteiger partial charge in [-0.1, -0.05) is 6.08 Å². The van der Waals surface area contributed by atoms with Crippen LogP contribution >= 0.6 is 22.6 Å². The molecule has 1 aromatic carbocycles. The first-order valence-electron chi connectivity index (χ1n) is 9.46. The molecule has 1 unspecified atom stereocenters. The summed E-state index contributed by atoms with van der Waals surface area (Å²) >= 11 is 1.94. The number of alkyl halides is 1. The summed E-state index contributed by atoms with van der Waals surface area (Å²) in [4.78, 5) is 16.4. The van der Waals surface area contributed by atoms with Crippen molar-refractivity contribution in [1.82, 2.24) is 9.80 Å². The Morgan fingerprint density at radius 2 is 2.03 bits per heavy atom. The van der Waals surface area contributed by atoms with Crippen molar-refractivity contribution in [2.75, 3.05) is 38.0 Å². The molecule has 0 saturated carbocycles. The Hall–Kier alpha value is -1.59. The smallest absolute Gasteiger partial charge is 0.255 e. The number of carbonyl (C=O) groups is 1. The van der Waals surface area contributed by atoms with Gasteiger partial charge in [-0.05, 0) is 60.3 Å². The van der Waals surface area contributed by atoms with Crippen molar-refractivity contribution >= 4 is 34.2 Å². The number of rotatable bonds is 5. The zero-order valence-electron chi connectivity index (χ0n) is 15.6. The van der Waals surface area contributed by atoms with Crippen LogP contribution in [-0.2, 0) is 4.79 Å². The van der Waals surface area contributed by atoms with Crippen molar-refractivity contribution in [1.29, 1.82) is 0 Å². The molecule has 29 heavy (non-hydrogen) atoms. The Labute approximate surface area is 180 Å². The lowest BCUT2D eigenvalue weighted by atomic mass is 9.90. The van der Waals surface area contributed by atoms with E-state index in [0.29, 0.717) is 10.1 Å². The van der Waals surface area contributed by atoms with Crippen LogP contribution in [-0.4, -0.2) is 65.3 Å². The molecule has 2 N–H and O–H groups in total. The Kier molecular flexibility index (Phi) is 5.64. The fourth-order valence-electron chi connectivity index (χ4n) is 3.79. The molecule has 1 amide bonds. The zero-order chi connectivity index (χ0) is 20.8.